The number of fused-ring (bicyclic) bond motifs is 1. The van der Waals surface area contributed by atoms with E-state index in [1.807, 2.05) is 38.2 Å². The van der Waals surface area contributed by atoms with Crippen molar-refractivity contribution in [2.24, 2.45) is 0 Å². The van der Waals surface area contributed by atoms with Crippen molar-refractivity contribution in [3.05, 3.63) is 40.2 Å². The van der Waals surface area contributed by atoms with E-state index in [2.05, 4.69) is 10.3 Å². The molecule has 0 aliphatic rings. The van der Waals surface area contributed by atoms with Gasteiger partial charge < -0.3 is 10.3 Å². The third kappa shape index (κ3) is 1.73. The standard InChI is InChI=1S/C12H14N2O/c1-3-8-6-9-4-5-10(13-2)7-11(9)14-12(8)15/h4-7,13H,3H2,1-2H3,(H,14,15). The molecule has 2 rings (SSSR count). The molecule has 0 saturated heterocycles. The zero-order valence-electron chi connectivity index (χ0n) is 8.92. The highest BCUT2D eigenvalue weighted by Crippen LogP contribution is 2.16. The number of anilines is 1. The first-order valence-corrected chi connectivity index (χ1v) is 5.08. The number of H-pyrrole nitrogens is 1. The second kappa shape index (κ2) is 3.77. The Kier molecular flexibility index (Phi) is 2.46. The van der Waals surface area contributed by atoms with Gasteiger partial charge in [-0.25, -0.2) is 0 Å². The molecule has 0 atom stereocenters. The van der Waals surface area contributed by atoms with Crippen LogP contribution in [0.3, 0.4) is 0 Å². The second-order valence-electron chi connectivity index (χ2n) is 3.53. The predicted molar refractivity (Wildman–Crippen MR) is 63.5 cm³/mol. The molecule has 0 spiro atoms. The summed E-state index contributed by atoms with van der Waals surface area (Å²) in [7, 11) is 1.86. The minimum atomic E-state index is 0.0123. The highest BCUT2D eigenvalue weighted by Gasteiger charge is 2.01. The van der Waals surface area contributed by atoms with E-state index in [-0.39, 0.29) is 5.56 Å². The Morgan fingerprint density at radius 3 is 2.80 bits per heavy atom. The fourth-order valence-electron chi connectivity index (χ4n) is 1.66. The van der Waals surface area contributed by atoms with Crippen LogP contribution < -0.4 is 10.9 Å². The summed E-state index contributed by atoms with van der Waals surface area (Å²) in [6.07, 6.45) is 0.763. The van der Waals surface area contributed by atoms with Crippen molar-refractivity contribution < 1.29 is 0 Å². The first kappa shape index (κ1) is 9.77. The highest BCUT2D eigenvalue weighted by atomic mass is 16.1. The van der Waals surface area contributed by atoms with Crippen molar-refractivity contribution >= 4 is 16.6 Å². The Bertz CT molecular complexity index is 543. The molecular formula is C12H14N2O. The molecule has 0 amide bonds. The summed E-state index contributed by atoms with van der Waals surface area (Å²) in [6.45, 7) is 1.98. The van der Waals surface area contributed by atoms with E-state index in [9.17, 15) is 4.79 Å². The van der Waals surface area contributed by atoms with Crippen LogP contribution in [0.4, 0.5) is 5.69 Å². The average molecular weight is 202 g/mol. The van der Waals surface area contributed by atoms with Crippen molar-refractivity contribution in [2.45, 2.75) is 13.3 Å². The molecule has 1 aromatic heterocycles. The number of rotatable bonds is 2. The van der Waals surface area contributed by atoms with E-state index < -0.39 is 0 Å². The van der Waals surface area contributed by atoms with Gasteiger partial charge in [0.05, 0.1) is 5.52 Å². The van der Waals surface area contributed by atoms with Gasteiger partial charge in [-0.1, -0.05) is 13.0 Å². The number of hydrogen-bond donors (Lipinski definition) is 2. The van der Waals surface area contributed by atoms with Crippen LogP contribution in [0.1, 0.15) is 12.5 Å². The lowest BCUT2D eigenvalue weighted by Crippen LogP contribution is -2.11. The Hall–Kier alpha value is -1.77. The fourth-order valence-corrected chi connectivity index (χ4v) is 1.66. The number of aromatic nitrogens is 1. The van der Waals surface area contributed by atoms with E-state index in [0.29, 0.717) is 0 Å². The summed E-state index contributed by atoms with van der Waals surface area (Å²) in [4.78, 5) is 14.5. The van der Waals surface area contributed by atoms with E-state index in [4.69, 9.17) is 0 Å². The Balaban J connectivity index is 2.70. The third-order valence-corrected chi connectivity index (χ3v) is 2.59. The van der Waals surface area contributed by atoms with E-state index in [1.165, 1.54) is 0 Å². The lowest BCUT2D eigenvalue weighted by atomic mass is 10.1. The molecule has 0 saturated carbocycles. The average Bonchev–Trinajstić information content (AvgIpc) is 2.27. The summed E-state index contributed by atoms with van der Waals surface area (Å²) in [5, 5.41) is 4.12. The second-order valence-corrected chi connectivity index (χ2v) is 3.53. The number of benzene rings is 1. The van der Waals surface area contributed by atoms with Gasteiger partial charge in [0, 0.05) is 18.3 Å². The number of aryl methyl sites for hydroxylation is 1. The monoisotopic (exact) mass is 202 g/mol. The molecule has 0 unspecified atom stereocenters. The number of hydrogen-bond acceptors (Lipinski definition) is 2. The summed E-state index contributed by atoms with van der Waals surface area (Å²) < 4.78 is 0. The zero-order valence-corrected chi connectivity index (χ0v) is 8.92. The first-order chi connectivity index (χ1) is 7.24. The first-order valence-electron chi connectivity index (χ1n) is 5.08. The lowest BCUT2D eigenvalue weighted by molar-refractivity contribution is 1.08. The minimum absolute atomic E-state index is 0.0123. The molecule has 2 N–H and O–H groups in total. The maximum absolute atomic E-state index is 11.6. The molecule has 78 valence electrons. The topological polar surface area (TPSA) is 44.9 Å². The van der Waals surface area contributed by atoms with Gasteiger partial charge in [0.15, 0.2) is 0 Å². The van der Waals surface area contributed by atoms with Crippen LogP contribution in [-0.2, 0) is 6.42 Å². The molecule has 0 fully saturated rings. The van der Waals surface area contributed by atoms with Gasteiger partial charge in [-0.3, -0.25) is 4.79 Å². The summed E-state index contributed by atoms with van der Waals surface area (Å²) in [5.74, 6) is 0. The summed E-state index contributed by atoms with van der Waals surface area (Å²) >= 11 is 0. The number of pyridine rings is 1. The SMILES string of the molecule is CCc1cc2ccc(NC)cc2[nH]c1=O. The minimum Gasteiger partial charge on any atom is -0.388 e. The van der Waals surface area contributed by atoms with Gasteiger partial charge in [0.25, 0.3) is 5.56 Å². The Labute approximate surface area is 88.1 Å². The maximum Gasteiger partial charge on any atom is 0.251 e. The van der Waals surface area contributed by atoms with Crippen LogP contribution in [0.25, 0.3) is 10.9 Å². The number of nitrogens with one attached hydrogen (secondary N) is 2. The van der Waals surface area contributed by atoms with Gasteiger partial charge in [0.2, 0.25) is 0 Å². The molecule has 1 aromatic carbocycles. The maximum atomic E-state index is 11.6. The molecule has 3 nitrogen and oxygen atoms in total. The lowest BCUT2D eigenvalue weighted by Gasteiger charge is -2.04. The van der Waals surface area contributed by atoms with Crippen LogP contribution in [0.15, 0.2) is 29.1 Å². The fraction of sp³-hybridized carbons (Fsp3) is 0.250. The number of aromatic amines is 1. The molecular weight excluding hydrogens is 188 g/mol. The molecule has 0 bridgehead atoms. The van der Waals surface area contributed by atoms with Crippen molar-refractivity contribution in [1.82, 2.24) is 4.98 Å². The van der Waals surface area contributed by atoms with E-state index >= 15 is 0 Å². The van der Waals surface area contributed by atoms with Crippen molar-refractivity contribution in [3.8, 4) is 0 Å². The van der Waals surface area contributed by atoms with Crippen LogP contribution in [0.2, 0.25) is 0 Å². The Morgan fingerprint density at radius 1 is 1.33 bits per heavy atom. The van der Waals surface area contributed by atoms with E-state index in [0.717, 1.165) is 28.6 Å². The molecule has 0 aliphatic carbocycles. The molecule has 0 aliphatic heterocycles. The highest BCUT2D eigenvalue weighted by molar-refractivity contribution is 5.82. The largest absolute Gasteiger partial charge is 0.388 e. The van der Waals surface area contributed by atoms with Crippen molar-refractivity contribution in [2.75, 3.05) is 12.4 Å². The summed E-state index contributed by atoms with van der Waals surface area (Å²) in [5.41, 5.74) is 2.73. The zero-order chi connectivity index (χ0) is 10.8. The van der Waals surface area contributed by atoms with E-state index in [1.54, 1.807) is 0 Å². The van der Waals surface area contributed by atoms with Gasteiger partial charge in [-0.2, -0.15) is 0 Å². The van der Waals surface area contributed by atoms with Gasteiger partial charge in [0.1, 0.15) is 0 Å². The van der Waals surface area contributed by atoms with Crippen LogP contribution in [0.5, 0.6) is 0 Å². The quantitative estimate of drug-likeness (QED) is 0.783. The van der Waals surface area contributed by atoms with Crippen LogP contribution in [0, 0.1) is 0 Å². The van der Waals surface area contributed by atoms with Crippen LogP contribution >= 0.6 is 0 Å². The smallest absolute Gasteiger partial charge is 0.251 e. The predicted octanol–water partition coefficient (Wildman–Crippen LogP) is 2.13. The van der Waals surface area contributed by atoms with Crippen molar-refractivity contribution in [3.63, 3.8) is 0 Å². The van der Waals surface area contributed by atoms with Crippen molar-refractivity contribution in [1.29, 1.82) is 0 Å². The van der Waals surface area contributed by atoms with Gasteiger partial charge in [-0.15, -0.1) is 0 Å². The van der Waals surface area contributed by atoms with Gasteiger partial charge >= 0.3 is 0 Å². The molecule has 0 radical (unpaired) electrons. The third-order valence-electron chi connectivity index (χ3n) is 2.59. The molecule has 15 heavy (non-hydrogen) atoms. The molecule has 1 heterocycles. The van der Waals surface area contributed by atoms with Crippen LogP contribution in [-0.4, -0.2) is 12.0 Å². The summed E-state index contributed by atoms with van der Waals surface area (Å²) in [6, 6.07) is 7.90. The van der Waals surface area contributed by atoms with Gasteiger partial charge in [-0.05, 0) is 30.0 Å². The molecule has 3 heteroatoms. The molecule has 2 aromatic rings. The Morgan fingerprint density at radius 2 is 2.13 bits per heavy atom. The normalized spacial score (nSPS) is 10.5.